The molecule has 0 bridgehead atoms. The number of nitrogens with zero attached hydrogens (tertiary/aromatic N) is 2. The zero-order valence-corrected chi connectivity index (χ0v) is 12.3. The van der Waals surface area contributed by atoms with Crippen LogP contribution >= 0.6 is 0 Å². The van der Waals surface area contributed by atoms with Crippen molar-refractivity contribution in [3.05, 3.63) is 42.5 Å². The van der Waals surface area contributed by atoms with E-state index in [0.29, 0.717) is 5.69 Å². The van der Waals surface area contributed by atoms with Crippen LogP contribution in [0.15, 0.2) is 42.5 Å². The lowest BCUT2D eigenvalue weighted by Crippen LogP contribution is -2.74. The molecule has 3 heterocycles. The van der Waals surface area contributed by atoms with E-state index < -0.39 is 24.0 Å². The Bertz CT molecular complexity index is 674. The number of ether oxygens (including phenoxy) is 2. The van der Waals surface area contributed by atoms with Crippen molar-refractivity contribution in [1.29, 1.82) is 0 Å². The molecule has 1 aromatic carbocycles. The second kappa shape index (κ2) is 4.33. The summed E-state index contributed by atoms with van der Waals surface area (Å²) in [5.74, 6) is -0.118. The van der Waals surface area contributed by atoms with Crippen LogP contribution in [0, 0.1) is 0 Å². The molecule has 0 aromatic heterocycles. The third kappa shape index (κ3) is 1.53. The summed E-state index contributed by atoms with van der Waals surface area (Å²) >= 11 is 0. The van der Waals surface area contributed by atoms with E-state index in [0.717, 1.165) is 0 Å². The van der Waals surface area contributed by atoms with E-state index in [-0.39, 0.29) is 11.9 Å². The highest BCUT2D eigenvalue weighted by atomic mass is 16.6. The van der Waals surface area contributed by atoms with Gasteiger partial charge in [0.05, 0.1) is 6.04 Å². The van der Waals surface area contributed by atoms with Gasteiger partial charge in [-0.2, -0.15) is 0 Å². The van der Waals surface area contributed by atoms with Crippen LogP contribution in [0.3, 0.4) is 0 Å². The summed E-state index contributed by atoms with van der Waals surface area (Å²) in [6.45, 7) is 1.82. The summed E-state index contributed by atoms with van der Waals surface area (Å²) in [6.07, 6.45) is 2.33. The van der Waals surface area contributed by atoms with Crippen molar-refractivity contribution in [2.45, 2.75) is 30.8 Å². The highest BCUT2D eigenvalue weighted by Crippen LogP contribution is 2.44. The maximum Gasteiger partial charge on any atom is 0.417 e. The number of rotatable bonds is 2. The number of anilines is 1. The van der Waals surface area contributed by atoms with E-state index >= 15 is 0 Å². The topological polar surface area (TPSA) is 59.1 Å². The fourth-order valence-electron chi connectivity index (χ4n) is 3.51. The fourth-order valence-corrected chi connectivity index (χ4v) is 3.51. The first-order chi connectivity index (χ1) is 10.6. The number of β-lactam (4-membered cyclic amide) rings is 1. The minimum Gasteiger partial charge on any atom is -0.434 e. The minimum absolute atomic E-state index is 0.118. The van der Waals surface area contributed by atoms with Gasteiger partial charge in [-0.05, 0) is 25.1 Å². The number of amides is 2. The van der Waals surface area contributed by atoms with Crippen molar-refractivity contribution in [3.8, 4) is 0 Å². The van der Waals surface area contributed by atoms with Crippen LogP contribution in [0.5, 0.6) is 0 Å². The lowest BCUT2D eigenvalue weighted by molar-refractivity contribution is -0.176. The molecule has 6 nitrogen and oxygen atoms in total. The molecule has 4 atom stereocenters. The summed E-state index contributed by atoms with van der Waals surface area (Å²) in [6, 6.07) is 9.09. The molecule has 0 N–H and O–H groups in total. The highest BCUT2D eigenvalue weighted by Gasteiger charge is 2.63. The Kier molecular flexibility index (Phi) is 2.62. The molecule has 0 saturated carbocycles. The van der Waals surface area contributed by atoms with Crippen LogP contribution < -0.4 is 4.90 Å². The van der Waals surface area contributed by atoms with Crippen molar-refractivity contribution < 1.29 is 19.1 Å². The number of benzene rings is 1. The average Bonchev–Trinajstić information content (AvgIpc) is 2.77. The number of fused-ring (bicyclic) bond motifs is 3. The molecule has 6 heteroatoms. The molecule has 3 aliphatic rings. The van der Waals surface area contributed by atoms with Gasteiger partial charge in [0.25, 0.3) is 5.91 Å². The normalized spacial score (nSPS) is 35.8. The second-order valence-electron chi connectivity index (χ2n) is 5.88. The molecule has 4 rings (SSSR count). The molecule has 0 aliphatic carbocycles. The molecule has 2 fully saturated rings. The third-order valence-electron chi connectivity index (χ3n) is 4.57. The van der Waals surface area contributed by atoms with Crippen molar-refractivity contribution in [1.82, 2.24) is 4.90 Å². The Labute approximate surface area is 127 Å². The first-order valence-electron chi connectivity index (χ1n) is 7.18. The van der Waals surface area contributed by atoms with Gasteiger partial charge in [-0.3, -0.25) is 9.69 Å². The van der Waals surface area contributed by atoms with Crippen molar-refractivity contribution in [2.24, 2.45) is 0 Å². The van der Waals surface area contributed by atoms with Gasteiger partial charge in [0.1, 0.15) is 0 Å². The summed E-state index contributed by atoms with van der Waals surface area (Å²) in [5, 5.41) is 0. The van der Waals surface area contributed by atoms with Gasteiger partial charge in [-0.25, -0.2) is 4.79 Å². The molecule has 0 spiro atoms. The Balaban J connectivity index is 1.78. The Morgan fingerprint density at radius 3 is 2.64 bits per heavy atom. The first kappa shape index (κ1) is 13.3. The zero-order chi connectivity index (χ0) is 15.5. The van der Waals surface area contributed by atoms with Crippen molar-refractivity contribution in [3.63, 3.8) is 0 Å². The molecule has 114 valence electrons. The molecule has 0 radical (unpaired) electrons. The van der Waals surface area contributed by atoms with E-state index in [2.05, 4.69) is 0 Å². The monoisotopic (exact) mass is 300 g/mol. The molecule has 22 heavy (non-hydrogen) atoms. The van der Waals surface area contributed by atoms with Crippen molar-refractivity contribution >= 4 is 17.7 Å². The van der Waals surface area contributed by atoms with Crippen LogP contribution in [0.2, 0.25) is 0 Å². The number of hydrogen-bond donors (Lipinski definition) is 0. The number of carbonyl (C=O) groups excluding carboxylic acids is 2. The molecule has 2 saturated heterocycles. The van der Waals surface area contributed by atoms with E-state index in [1.807, 2.05) is 49.4 Å². The van der Waals surface area contributed by atoms with Gasteiger partial charge in [0, 0.05) is 12.8 Å². The number of para-hydroxylation sites is 1. The fraction of sp³-hybridized carbons (Fsp3) is 0.375. The van der Waals surface area contributed by atoms with E-state index in [9.17, 15) is 9.59 Å². The second-order valence-corrected chi connectivity index (χ2v) is 5.88. The van der Waals surface area contributed by atoms with Crippen LogP contribution in [-0.2, 0) is 14.3 Å². The third-order valence-corrected chi connectivity index (χ3v) is 4.57. The maximum absolute atomic E-state index is 12.4. The number of methoxy groups -OCH3 is 1. The molecular formula is C16H16N2O4. The highest BCUT2D eigenvalue weighted by molar-refractivity contribution is 5.96. The van der Waals surface area contributed by atoms with Crippen LogP contribution in [-0.4, -0.2) is 47.9 Å². The van der Waals surface area contributed by atoms with Crippen molar-refractivity contribution in [2.75, 3.05) is 12.0 Å². The lowest BCUT2D eigenvalue weighted by atomic mass is 9.85. The molecule has 2 amide bonds. The summed E-state index contributed by atoms with van der Waals surface area (Å²) in [4.78, 5) is 28.0. The van der Waals surface area contributed by atoms with Crippen LogP contribution in [0.4, 0.5) is 10.5 Å². The minimum atomic E-state index is -0.849. The molecule has 1 aromatic rings. The standard InChI is InChI=1S/C16H16N2O4/c1-16-9-8-11-12(21-2)13(19)18(11)14(16)17(15(20)22-16)10-6-4-3-5-7-10/h3-9,11-12,14H,1-2H3/t11-,12-,14-,16+/m1/s1. The van der Waals surface area contributed by atoms with E-state index in [4.69, 9.17) is 9.47 Å². The Hall–Kier alpha value is -2.34. The van der Waals surface area contributed by atoms with Gasteiger partial charge in [-0.15, -0.1) is 0 Å². The molecule has 0 unspecified atom stereocenters. The van der Waals surface area contributed by atoms with Crippen LogP contribution in [0.1, 0.15) is 6.92 Å². The van der Waals surface area contributed by atoms with E-state index in [1.54, 1.807) is 9.80 Å². The van der Waals surface area contributed by atoms with Gasteiger partial charge in [0.2, 0.25) is 0 Å². The Morgan fingerprint density at radius 2 is 1.95 bits per heavy atom. The largest absolute Gasteiger partial charge is 0.434 e. The average molecular weight is 300 g/mol. The number of carbonyl (C=O) groups is 2. The van der Waals surface area contributed by atoms with E-state index in [1.165, 1.54) is 7.11 Å². The smallest absolute Gasteiger partial charge is 0.417 e. The number of hydrogen-bond acceptors (Lipinski definition) is 4. The van der Waals surface area contributed by atoms with Gasteiger partial charge in [0.15, 0.2) is 17.9 Å². The summed E-state index contributed by atoms with van der Waals surface area (Å²) in [7, 11) is 1.52. The predicted molar refractivity (Wildman–Crippen MR) is 78.2 cm³/mol. The quantitative estimate of drug-likeness (QED) is 0.614. The van der Waals surface area contributed by atoms with Gasteiger partial charge in [-0.1, -0.05) is 24.3 Å². The zero-order valence-electron chi connectivity index (χ0n) is 12.3. The molecular weight excluding hydrogens is 284 g/mol. The first-order valence-corrected chi connectivity index (χ1v) is 7.18. The summed E-state index contributed by atoms with van der Waals surface area (Å²) in [5.41, 5.74) is -0.137. The lowest BCUT2D eigenvalue weighted by Gasteiger charge is -2.53. The molecule has 3 aliphatic heterocycles. The maximum atomic E-state index is 12.4. The summed E-state index contributed by atoms with van der Waals surface area (Å²) < 4.78 is 10.8. The Morgan fingerprint density at radius 1 is 1.23 bits per heavy atom. The SMILES string of the molecule is CO[C@H]1C(=O)N2[C@@H]1C=C[C@]1(C)OC(=O)N(c3ccccc3)[C@H]21. The van der Waals surface area contributed by atoms with Crippen LogP contribution in [0.25, 0.3) is 0 Å². The van der Waals surface area contributed by atoms with Gasteiger partial charge < -0.3 is 14.4 Å². The predicted octanol–water partition coefficient (Wildman–Crippen LogP) is 1.52. The van der Waals surface area contributed by atoms with Gasteiger partial charge >= 0.3 is 6.09 Å².